The van der Waals surface area contributed by atoms with Crippen LogP contribution in [0.3, 0.4) is 0 Å². The van der Waals surface area contributed by atoms with E-state index < -0.39 is 9.84 Å². The van der Waals surface area contributed by atoms with E-state index in [0.29, 0.717) is 11.3 Å². The standard InChI is InChI=1S/C16H18BrNO2S/c1-11-6-12(2)8-13(7-11)9-21(19,20)10-14-15(17)4-3-5-16(14)18/h3-8H,9-10,18H2,1-2H3. The minimum Gasteiger partial charge on any atom is -0.398 e. The quantitative estimate of drug-likeness (QED) is 0.836. The summed E-state index contributed by atoms with van der Waals surface area (Å²) >= 11 is 3.36. The van der Waals surface area contributed by atoms with Gasteiger partial charge in [-0.3, -0.25) is 0 Å². The van der Waals surface area contributed by atoms with Crippen LogP contribution in [0.15, 0.2) is 40.9 Å². The molecule has 2 N–H and O–H groups in total. The molecule has 0 aliphatic rings. The lowest BCUT2D eigenvalue weighted by molar-refractivity contribution is 0.594. The Hall–Kier alpha value is -1.33. The zero-order valence-electron chi connectivity index (χ0n) is 12.1. The fourth-order valence-corrected chi connectivity index (χ4v) is 4.65. The highest BCUT2D eigenvalue weighted by atomic mass is 79.9. The normalized spacial score (nSPS) is 11.6. The molecule has 0 bridgehead atoms. The molecule has 0 saturated heterocycles. The van der Waals surface area contributed by atoms with E-state index in [2.05, 4.69) is 15.9 Å². The summed E-state index contributed by atoms with van der Waals surface area (Å²) in [6.07, 6.45) is 0. The molecule has 0 atom stereocenters. The lowest BCUT2D eigenvalue weighted by Gasteiger charge is -2.10. The van der Waals surface area contributed by atoms with Crippen LogP contribution in [-0.4, -0.2) is 8.42 Å². The SMILES string of the molecule is Cc1cc(C)cc(CS(=O)(=O)Cc2c(N)cccc2Br)c1. The van der Waals surface area contributed by atoms with Crippen molar-refractivity contribution in [3.63, 3.8) is 0 Å². The van der Waals surface area contributed by atoms with Gasteiger partial charge in [0.15, 0.2) is 9.84 Å². The van der Waals surface area contributed by atoms with Gasteiger partial charge >= 0.3 is 0 Å². The molecule has 0 unspecified atom stereocenters. The van der Waals surface area contributed by atoms with Crippen molar-refractivity contribution in [2.45, 2.75) is 25.4 Å². The van der Waals surface area contributed by atoms with Crippen LogP contribution in [-0.2, 0) is 21.3 Å². The summed E-state index contributed by atoms with van der Waals surface area (Å²) < 4.78 is 25.6. The van der Waals surface area contributed by atoms with Crippen molar-refractivity contribution in [2.75, 3.05) is 5.73 Å². The van der Waals surface area contributed by atoms with Crippen LogP contribution in [0, 0.1) is 13.8 Å². The maximum absolute atomic E-state index is 12.4. The van der Waals surface area contributed by atoms with E-state index in [1.807, 2.05) is 32.0 Å². The fraction of sp³-hybridized carbons (Fsp3) is 0.250. The molecule has 0 saturated carbocycles. The molecule has 0 aliphatic carbocycles. The van der Waals surface area contributed by atoms with Gasteiger partial charge in [-0.15, -0.1) is 0 Å². The van der Waals surface area contributed by atoms with E-state index in [1.54, 1.807) is 18.2 Å². The highest BCUT2D eigenvalue weighted by Gasteiger charge is 2.17. The van der Waals surface area contributed by atoms with Crippen LogP contribution in [0.25, 0.3) is 0 Å². The number of benzene rings is 2. The second-order valence-corrected chi connectivity index (χ2v) is 8.25. The largest absolute Gasteiger partial charge is 0.398 e. The lowest BCUT2D eigenvalue weighted by atomic mass is 10.1. The van der Waals surface area contributed by atoms with E-state index in [-0.39, 0.29) is 11.5 Å². The molecular weight excluding hydrogens is 350 g/mol. The molecule has 112 valence electrons. The van der Waals surface area contributed by atoms with E-state index >= 15 is 0 Å². The molecule has 2 aromatic carbocycles. The number of hydrogen-bond donors (Lipinski definition) is 1. The molecule has 0 aliphatic heterocycles. The van der Waals surface area contributed by atoms with Gasteiger partial charge < -0.3 is 5.73 Å². The topological polar surface area (TPSA) is 60.2 Å². The summed E-state index contributed by atoms with van der Waals surface area (Å²) in [7, 11) is -3.28. The van der Waals surface area contributed by atoms with E-state index in [9.17, 15) is 8.42 Å². The number of nitrogen functional groups attached to an aromatic ring is 1. The average molecular weight is 368 g/mol. The summed E-state index contributed by atoms with van der Waals surface area (Å²) in [6.45, 7) is 3.93. The second-order valence-electron chi connectivity index (χ2n) is 5.34. The first-order valence-electron chi connectivity index (χ1n) is 6.57. The summed E-state index contributed by atoms with van der Waals surface area (Å²) in [5.41, 5.74) is 9.95. The van der Waals surface area contributed by atoms with E-state index in [1.165, 1.54) is 0 Å². The van der Waals surface area contributed by atoms with Crippen molar-refractivity contribution >= 4 is 31.5 Å². The van der Waals surface area contributed by atoms with Crippen LogP contribution in [0.1, 0.15) is 22.3 Å². The first-order chi connectivity index (χ1) is 9.77. The molecule has 21 heavy (non-hydrogen) atoms. The predicted octanol–water partition coefficient (Wildman–Crippen LogP) is 3.76. The van der Waals surface area contributed by atoms with E-state index in [0.717, 1.165) is 21.2 Å². The third-order valence-electron chi connectivity index (χ3n) is 3.19. The Kier molecular flexibility index (Phi) is 4.74. The van der Waals surface area contributed by atoms with Gasteiger partial charge in [0.2, 0.25) is 0 Å². The zero-order valence-corrected chi connectivity index (χ0v) is 14.5. The minimum absolute atomic E-state index is 0.0241. The monoisotopic (exact) mass is 367 g/mol. The third-order valence-corrected chi connectivity index (χ3v) is 5.43. The summed E-state index contributed by atoms with van der Waals surface area (Å²) in [5, 5.41) is 0. The first kappa shape index (κ1) is 16.0. The Morgan fingerprint density at radius 1 is 1.05 bits per heavy atom. The number of halogens is 1. The zero-order chi connectivity index (χ0) is 15.6. The molecule has 3 nitrogen and oxygen atoms in total. The lowest BCUT2D eigenvalue weighted by Crippen LogP contribution is -2.10. The van der Waals surface area contributed by atoms with E-state index in [4.69, 9.17) is 5.73 Å². The predicted molar refractivity (Wildman–Crippen MR) is 90.8 cm³/mol. The summed E-state index contributed by atoms with van der Waals surface area (Å²) in [6, 6.07) is 11.2. The smallest absolute Gasteiger partial charge is 0.158 e. The molecule has 0 aromatic heterocycles. The van der Waals surface area contributed by atoms with Gasteiger partial charge in [0.05, 0.1) is 11.5 Å². The number of nitrogens with two attached hydrogens (primary N) is 1. The van der Waals surface area contributed by atoms with Crippen LogP contribution in [0.5, 0.6) is 0 Å². The molecule has 0 fully saturated rings. The van der Waals surface area contributed by atoms with Crippen molar-refractivity contribution in [2.24, 2.45) is 0 Å². The third kappa shape index (κ3) is 4.32. The van der Waals surface area contributed by atoms with Crippen LogP contribution in [0.2, 0.25) is 0 Å². The van der Waals surface area contributed by atoms with Crippen LogP contribution >= 0.6 is 15.9 Å². The number of sulfone groups is 1. The Balaban J connectivity index is 2.27. The van der Waals surface area contributed by atoms with Gasteiger partial charge in [0.1, 0.15) is 0 Å². The van der Waals surface area contributed by atoms with Crippen molar-refractivity contribution in [3.8, 4) is 0 Å². The molecule has 0 heterocycles. The second kappa shape index (κ2) is 6.20. The van der Waals surface area contributed by atoms with Gasteiger partial charge in [-0.1, -0.05) is 51.3 Å². The maximum Gasteiger partial charge on any atom is 0.158 e. The molecule has 0 radical (unpaired) electrons. The number of rotatable bonds is 4. The van der Waals surface area contributed by atoms with Gasteiger partial charge in [-0.2, -0.15) is 0 Å². The Morgan fingerprint density at radius 3 is 2.24 bits per heavy atom. The number of aryl methyl sites for hydroxylation is 2. The van der Waals surface area contributed by atoms with Crippen molar-refractivity contribution in [1.29, 1.82) is 0 Å². The molecular formula is C16H18BrNO2S. The molecule has 2 aromatic rings. The molecule has 5 heteroatoms. The summed E-state index contributed by atoms with van der Waals surface area (Å²) in [5.74, 6) is -0.0382. The highest BCUT2D eigenvalue weighted by molar-refractivity contribution is 9.10. The van der Waals surface area contributed by atoms with Crippen molar-refractivity contribution in [1.82, 2.24) is 0 Å². The Morgan fingerprint density at radius 2 is 1.67 bits per heavy atom. The summed E-state index contributed by atoms with van der Waals surface area (Å²) in [4.78, 5) is 0. The number of hydrogen-bond acceptors (Lipinski definition) is 3. The van der Waals surface area contributed by atoms with Crippen molar-refractivity contribution in [3.05, 3.63) is 63.1 Å². The molecule has 2 rings (SSSR count). The number of anilines is 1. The first-order valence-corrected chi connectivity index (χ1v) is 9.19. The maximum atomic E-state index is 12.4. The van der Waals surface area contributed by atoms with Crippen LogP contribution < -0.4 is 5.73 Å². The van der Waals surface area contributed by atoms with Crippen molar-refractivity contribution < 1.29 is 8.42 Å². The molecule has 0 spiro atoms. The van der Waals surface area contributed by atoms with Crippen LogP contribution in [0.4, 0.5) is 5.69 Å². The molecule has 0 amide bonds. The van der Waals surface area contributed by atoms with Gasteiger partial charge in [-0.25, -0.2) is 8.42 Å². The highest BCUT2D eigenvalue weighted by Crippen LogP contribution is 2.26. The van der Waals surface area contributed by atoms with Gasteiger partial charge in [0.25, 0.3) is 0 Å². The van der Waals surface area contributed by atoms with Gasteiger partial charge in [0, 0.05) is 15.7 Å². The minimum atomic E-state index is -3.28. The fourth-order valence-electron chi connectivity index (χ4n) is 2.40. The van der Waals surface area contributed by atoms with Gasteiger partial charge in [-0.05, 0) is 31.5 Å². The Bertz CT molecular complexity index is 729. The average Bonchev–Trinajstić information content (AvgIpc) is 2.32. The Labute approximate surface area is 134 Å².